The first-order valence-corrected chi connectivity index (χ1v) is 6.47. The van der Waals surface area contributed by atoms with Gasteiger partial charge in [-0.1, -0.05) is 12.1 Å². The molecule has 1 fully saturated rings. The third kappa shape index (κ3) is 2.59. The number of para-hydroxylation sites is 2. The van der Waals surface area contributed by atoms with Gasteiger partial charge in [-0.25, -0.2) is 9.97 Å². The van der Waals surface area contributed by atoms with Crippen molar-refractivity contribution in [2.75, 3.05) is 19.7 Å². The molecular weight excluding hydrogens is 226 g/mol. The standard InChI is InChI=1S/C14H17N3O/c1-2-6-13-12(5-1)16-9-14(17-13)18-10-11-4-3-7-15-8-11/h1-2,5-6,9,11,15H,3-4,7-8,10H2. The highest BCUT2D eigenvalue weighted by Gasteiger charge is 2.13. The van der Waals surface area contributed by atoms with Crippen LogP contribution in [0.15, 0.2) is 30.5 Å². The van der Waals surface area contributed by atoms with Gasteiger partial charge in [-0.2, -0.15) is 0 Å². The summed E-state index contributed by atoms with van der Waals surface area (Å²) < 4.78 is 5.74. The van der Waals surface area contributed by atoms with Crippen molar-refractivity contribution in [3.63, 3.8) is 0 Å². The van der Waals surface area contributed by atoms with Gasteiger partial charge in [0.05, 0.1) is 23.8 Å². The molecule has 0 saturated carbocycles. The lowest BCUT2D eigenvalue weighted by Gasteiger charge is -2.22. The quantitative estimate of drug-likeness (QED) is 0.895. The first-order valence-electron chi connectivity index (χ1n) is 6.47. The Bertz CT molecular complexity index is 523. The lowest BCUT2D eigenvalue weighted by Crippen LogP contribution is -2.33. The van der Waals surface area contributed by atoms with E-state index in [4.69, 9.17) is 4.74 Å². The van der Waals surface area contributed by atoms with E-state index < -0.39 is 0 Å². The van der Waals surface area contributed by atoms with Crippen molar-refractivity contribution in [2.45, 2.75) is 12.8 Å². The van der Waals surface area contributed by atoms with Crippen LogP contribution in [0.3, 0.4) is 0 Å². The average molecular weight is 243 g/mol. The summed E-state index contributed by atoms with van der Waals surface area (Å²) in [6, 6.07) is 7.84. The zero-order valence-electron chi connectivity index (χ0n) is 10.3. The van der Waals surface area contributed by atoms with E-state index in [2.05, 4.69) is 15.3 Å². The number of aromatic nitrogens is 2. The summed E-state index contributed by atoms with van der Waals surface area (Å²) in [6.07, 6.45) is 4.17. The molecule has 1 aromatic carbocycles. The Labute approximate surface area is 106 Å². The number of hydrogen-bond donors (Lipinski definition) is 1. The van der Waals surface area contributed by atoms with Gasteiger partial charge in [0.1, 0.15) is 0 Å². The van der Waals surface area contributed by atoms with Crippen molar-refractivity contribution in [1.29, 1.82) is 0 Å². The second-order valence-corrected chi connectivity index (χ2v) is 4.72. The predicted molar refractivity (Wildman–Crippen MR) is 70.6 cm³/mol. The number of hydrogen-bond acceptors (Lipinski definition) is 4. The van der Waals surface area contributed by atoms with Gasteiger partial charge >= 0.3 is 0 Å². The van der Waals surface area contributed by atoms with E-state index in [1.165, 1.54) is 12.8 Å². The van der Waals surface area contributed by atoms with Crippen LogP contribution in [-0.4, -0.2) is 29.7 Å². The highest BCUT2D eigenvalue weighted by atomic mass is 16.5. The Hall–Kier alpha value is -1.68. The Balaban J connectivity index is 1.66. The van der Waals surface area contributed by atoms with Crippen LogP contribution in [0.25, 0.3) is 11.0 Å². The van der Waals surface area contributed by atoms with Crippen molar-refractivity contribution in [3.05, 3.63) is 30.5 Å². The molecule has 1 saturated heterocycles. The molecule has 2 heterocycles. The normalized spacial score (nSPS) is 19.9. The maximum absolute atomic E-state index is 5.74. The highest BCUT2D eigenvalue weighted by molar-refractivity contribution is 5.73. The molecule has 0 amide bonds. The molecule has 94 valence electrons. The minimum atomic E-state index is 0.590. The van der Waals surface area contributed by atoms with Gasteiger partial charge in [0.2, 0.25) is 5.88 Å². The summed E-state index contributed by atoms with van der Waals surface area (Å²) in [4.78, 5) is 8.80. The van der Waals surface area contributed by atoms with Crippen molar-refractivity contribution >= 4 is 11.0 Å². The lowest BCUT2D eigenvalue weighted by atomic mass is 10.0. The number of piperidine rings is 1. The van der Waals surface area contributed by atoms with Gasteiger partial charge in [0.25, 0.3) is 0 Å². The van der Waals surface area contributed by atoms with Crippen LogP contribution in [0.2, 0.25) is 0 Å². The molecule has 18 heavy (non-hydrogen) atoms. The van der Waals surface area contributed by atoms with Gasteiger partial charge in [0, 0.05) is 12.5 Å². The SMILES string of the molecule is c1ccc2nc(OCC3CCCNC3)cnc2c1. The van der Waals surface area contributed by atoms with Crippen LogP contribution in [0, 0.1) is 5.92 Å². The van der Waals surface area contributed by atoms with Gasteiger partial charge < -0.3 is 10.1 Å². The zero-order chi connectivity index (χ0) is 12.2. The van der Waals surface area contributed by atoms with Gasteiger partial charge in [0.15, 0.2) is 0 Å². The highest BCUT2D eigenvalue weighted by Crippen LogP contribution is 2.15. The van der Waals surface area contributed by atoms with E-state index >= 15 is 0 Å². The van der Waals surface area contributed by atoms with Gasteiger partial charge in [-0.05, 0) is 31.5 Å². The van der Waals surface area contributed by atoms with Crippen LogP contribution in [0.4, 0.5) is 0 Å². The third-order valence-electron chi connectivity index (χ3n) is 3.29. The molecular formula is C14H17N3O. The van der Waals surface area contributed by atoms with Crippen molar-refractivity contribution < 1.29 is 4.74 Å². The topological polar surface area (TPSA) is 47.0 Å². The molecule has 3 rings (SSSR count). The Kier molecular flexibility index (Phi) is 3.37. The molecule has 4 nitrogen and oxygen atoms in total. The van der Waals surface area contributed by atoms with Crippen LogP contribution in [-0.2, 0) is 0 Å². The van der Waals surface area contributed by atoms with E-state index in [1.807, 2.05) is 24.3 Å². The van der Waals surface area contributed by atoms with Crippen LogP contribution >= 0.6 is 0 Å². The van der Waals surface area contributed by atoms with Crippen molar-refractivity contribution in [3.8, 4) is 5.88 Å². The molecule has 0 bridgehead atoms. The largest absolute Gasteiger partial charge is 0.476 e. The minimum absolute atomic E-state index is 0.590. The van der Waals surface area contributed by atoms with Gasteiger partial charge in [-0.15, -0.1) is 0 Å². The molecule has 1 aliphatic heterocycles. The summed E-state index contributed by atoms with van der Waals surface area (Å²) in [6.45, 7) is 2.90. The van der Waals surface area contributed by atoms with Crippen LogP contribution in [0.1, 0.15) is 12.8 Å². The maximum atomic E-state index is 5.74. The first kappa shape index (κ1) is 11.4. The number of ether oxygens (including phenoxy) is 1. The van der Waals surface area contributed by atoms with E-state index in [9.17, 15) is 0 Å². The molecule has 1 atom stereocenters. The molecule has 0 aliphatic carbocycles. The number of fused-ring (bicyclic) bond motifs is 1. The molecule has 1 unspecified atom stereocenters. The lowest BCUT2D eigenvalue weighted by molar-refractivity contribution is 0.212. The summed E-state index contributed by atoms with van der Waals surface area (Å²) in [7, 11) is 0. The Morgan fingerprint density at radius 1 is 1.28 bits per heavy atom. The second kappa shape index (κ2) is 5.31. The molecule has 1 aromatic heterocycles. The van der Waals surface area contributed by atoms with Crippen LogP contribution < -0.4 is 10.1 Å². The fourth-order valence-electron chi connectivity index (χ4n) is 2.28. The van der Waals surface area contributed by atoms with Gasteiger partial charge in [-0.3, -0.25) is 0 Å². The Morgan fingerprint density at radius 3 is 3.00 bits per heavy atom. The maximum Gasteiger partial charge on any atom is 0.232 e. The van der Waals surface area contributed by atoms with Crippen molar-refractivity contribution in [1.82, 2.24) is 15.3 Å². The average Bonchev–Trinajstić information content (AvgIpc) is 2.46. The van der Waals surface area contributed by atoms with Crippen LogP contribution in [0.5, 0.6) is 5.88 Å². The number of benzene rings is 1. The number of nitrogens with one attached hydrogen (secondary N) is 1. The molecule has 4 heteroatoms. The summed E-state index contributed by atoms with van der Waals surface area (Å²) >= 11 is 0. The molecule has 0 spiro atoms. The number of nitrogens with zero attached hydrogens (tertiary/aromatic N) is 2. The summed E-state index contributed by atoms with van der Waals surface area (Å²) in [5.41, 5.74) is 1.79. The zero-order valence-corrected chi connectivity index (χ0v) is 10.3. The van der Waals surface area contributed by atoms with E-state index in [1.54, 1.807) is 6.20 Å². The van der Waals surface area contributed by atoms with E-state index in [0.29, 0.717) is 11.8 Å². The Morgan fingerprint density at radius 2 is 2.17 bits per heavy atom. The summed E-state index contributed by atoms with van der Waals surface area (Å²) in [5, 5.41) is 3.38. The smallest absolute Gasteiger partial charge is 0.232 e. The molecule has 0 radical (unpaired) electrons. The predicted octanol–water partition coefficient (Wildman–Crippen LogP) is 2.01. The molecule has 2 aromatic rings. The first-order chi connectivity index (χ1) is 8.92. The molecule has 1 N–H and O–H groups in total. The van der Waals surface area contributed by atoms with E-state index in [0.717, 1.165) is 30.7 Å². The second-order valence-electron chi connectivity index (χ2n) is 4.72. The third-order valence-corrected chi connectivity index (χ3v) is 3.29. The fraction of sp³-hybridized carbons (Fsp3) is 0.429. The monoisotopic (exact) mass is 243 g/mol. The fourth-order valence-corrected chi connectivity index (χ4v) is 2.28. The minimum Gasteiger partial charge on any atom is -0.476 e. The number of rotatable bonds is 3. The van der Waals surface area contributed by atoms with Crippen molar-refractivity contribution in [2.24, 2.45) is 5.92 Å². The van der Waals surface area contributed by atoms with E-state index in [-0.39, 0.29) is 0 Å². The summed E-state index contributed by atoms with van der Waals surface area (Å²) in [5.74, 6) is 1.21. The molecule has 1 aliphatic rings.